The second-order valence-electron chi connectivity index (χ2n) is 7.01. The highest BCUT2D eigenvalue weighted by Gasteiger charge is 2.55. The Kier molecular flexibility index (Phi) is 4.74. The summed E-state index contributed by atoms with van der Waals surface area (Å²) in [6.45, 7) is 3.59. The van der Waals surface area contributed by atoms with Crippen molar-refractivity contribution in [3.8, 4) is 0 Å². The lowest BCUT2D eigenvalue weighted by Crippen LogP contribution is -2.54. The molecule has 1 aliphatic heterocycles. The Morgan fingerprint density at radius 3 is 2.80 bits per heavy atom. The number of imide groups is 1. The number of amides is 4. The van der Waals surface area contributed by atoms with Crippen LogP contribution < -0.4 is 10.6 Å². The average Bonchev–Trinajstić information content (AvgIpc) is 2.83. The van der Waals surface area contributed by atoms with Crippen LogP contribution in [0.1, 0.15) is 51.1 Å². The van der Waals surface area contributed by atoms with Gasteiger partial charge in [-0.2, -0.15) is 0 Å². The molecule has 1 spiro atoms. The minimum absolute atomic E-state index is 0.0847. The Bertz CT molecular complexity index is 678. The van der Waals surface area contributed by atoms with E-state index in [1.54, 1.807) is 12.4 Å². The molecule has 25 heavy (non-hydrogen) atoms. The van der Waals surface area contributed by atoms with Gasteiger partial charge in [-0.15, -0.1) is 0 Å². The summed E-state index contributed by atoms with van der Waals surface area (Å²) < 4.78 is 0. The Labute approximate surface area is 147 Å². The maximum Gasteiger partial charge on any atom is 0.325 e. The van der Waals surface area contributed by atoms with Crippen molar-refractivity contribution in [1.82, 2.24) is 20.5 Å². The van der Waals surface area contributed by atoms with E-state index >= 15 is 0 Å². The number of nitrogens with zero attached hydrogens (tertiary/aromatic N) is 2. The van der Waals surface area contributed by atoms with Gasteiger partial charge < -0.3 is 10.6 Å². The fourth-order valence-corrected chi connectivity index (χ4v) is 3.81. The van der Waals surface area contributed by atoms with E-state index in [0.29, 0.717) is 6.42 Å². The van der Waals surface area contributed by atoms with Crippen molar-refractivity contribution in [1.29, 1.82) is 0 Å². The third-order valence-electron chi connectivity index (χ3n) is 5.39. The Morgan fingerprint density at radius 2 is 2.12 bits per heavy atom. The number of nitrogens with one attached hydrogen (secondary N) is 2. The predicted octanol–water partition coefficient (Wildman–Crippen LogP) is 1.76. The number of carbonyl (C=O) groups excluding carboxylic acids is 3. The highest BCUT2D eigenvalue weighted by molar-refractivity contribution is 6.09. The van der Waals surface area contributed by atoms with Crippen molar-refractivity contribution in [2.75, 3.05) is 6.54 Å². The van der Waals surface area contributed by atoms with Crippen molar-refractivity contribution < 1.29 is 14.4 Å². The fraction of sp³-hybridized carbons (Fsp3) is 0.556. The molecule has 3 rings (SSSR count). The molecule has 1 saturated carbocycles. The molecule has 0 aromatic carbocycles. The van der Waals surface area contributed by atoms with E-state index in [1.165, 1.54) is 0 Å². The molecular formula is C18H24N4O3. The Morgan fingerprint density at radius 1 is 1.40 bits per heavy atom. The lowest BCUT2D eigenvalue weighted by atomic mass is 9.73. The third kappa shape index (κ3) is 3.23. The van der Waals surface area contributed by atoms with Gasteiger partial charge in [0.2, 0.25) is 5.91 Å². The molecule has 2 fully saturated rings. The van der Waals surface area contributed by atoms with E-state index < -0.39 is 11.6 Å². The number of hydrogen-bond acceptors (Lipinski definition) is 4. The first-order chi connectivity index (χ1) is 11.9. The molecular weight excluding hydrogens is 320 g/mol. The molecule has 1 aliphatic carbocycles. The van der Waals surface area contributed by atoms with Crippen LogP contribution in [0.25, 0.3) is 0 Å². The summed E-state index contributed by atoms with van der Waals surface area (Å²) >= 11 is 0. The number of pyridine rings is 1. The molecule has 2 aliphatic rings. The van der Waals surface area contributed by atoms with E-state index in [9.17, 15) is 14.4 Å². The highest BCUT2D eigenvalue weighted by Crippen LogP contribution is 2.38. The minimum atomic E-state index is -0.827. The molecule has 7 nitrogen and oxygen atoms in total. The summed E-state index contributed by atoms with van der Waals surface area (Å²) in [5.41, 5.74) is 0.0877. The van der Waals surface area contributed by atoms with Crippen LogP contribution >= 0.6 is 0 Å². The van der Waals surface area contributed by atoms with Crippen molar-refractivity contribution in [2.45, 2.75) is 51.1 Å². The van der Waals surface area contributed by atoms with Gasteiger partial charge in [0, 0.05) is 12.4 Å². The zero-order valence-electron chi connectivity index (χ0n) is 14.6. The van der Waals surface area contributed by atoms with Crippen LogP contribution in [0, 0.1) is 5.92 Å². The van der Waals surface area contributed by atoms with Crippen LogP contribution in [0.3, 0.4) is 0 Å². The van der Waals surface area contributed by atoms with Crippen molar-refractivity contribution in [3.63, 3.8) is 0 Å². The number of carbonyl (C=O) groups is 3. The molecule has 3 atom stereocenters. The van der Waals surface area contributed by atoms with E-state index in [-0.39, 0.29) is 30.3 Å². The first-order valence-electron chi connectivity index (χ1n) is 8.77. The van der Waals surface area contributed by atoms with Crippen LogP contribution in [0.2, 0.25) is 0 Å². The third-order valence-corrected chi connectivity index (χ3v) is 5.39. The van der Waals surface area contributed by atoms with Gasteiger partial charge >= 0.3 is 6.03 Å². The second-order valence-corrected chi connectivity index (χ2v) is 7.01. The molecule has 0 radical (unpaired) electrons. The molecule has 1 aromatic rings. The number of aromatic nitrogens is 1. The largest absolute Gasteiger partial charge is 0.348 e. The molecule has 7 heteroatoms. The van der Waals surface area contributed by atoms with E-state index in [0.717, 1.165) is 29.7 Å². The first-order valence-corrected chi connectivity index (χ1v) is 8.77. The maximum atomic E-state index is 12.8. The maximum absolute atomic E-state index is 12.8. The Hall–Kier alpha value is -2.44. The average molecular weight is 344 g/mol. The number of hydrogen-bond donors (Lipinski definition) is 2. The second kappa shape index (κ2) is 6.82. The molecule has 2 N–H and O–H groups in total. The molecule has 4 amide bonds. The summed E-state index contributed by atoms with van der Waals surface area (Å²) in [5, 5.41) is 5.68. The van der Waals surface area contributed by atoms with Gasteiger partial charge in [-0.05, 0) is 43.4 Å². The predicted molar refractivity (Wildman–Crippen MR) is 91.4 cm³/mol. The van der Waals surface area contributed by atoms with Crippen LogP contribution in [0.5, 0.6) is 0 Å². The van der Waals surface area contributed by atoms with Gasteiger partial charge in [0.15, 0.2) is 0 Å². The molecule has 134 valence electrons. The quantitative estimate of drug-likeness (QED) is 0.814. The van der Waals surface area contributed by atoms with Gasteiger partial charge in [0.1, 0.15) is 12.1 Å². The molecule has 0 bridgehead atoms. The summed E-state index contributed by atoms with van der Waals surface area (Å²) in [6.07, 6.45) is 6.84. The van der Waals surface area contributed by atoms with Crippen molar-refractivity contribution in [2.24, 2.45) is 5.92 Å². The summed E-state index contributed by atoms with van der Waals surface area (Å²) in [6, 6.07) is 2.94. The Balaban J connectivity index is 1.65. The SMILES string of the molecule is CC(NC(=O)CN1C(=O)NC2(CCCCC2C)C1=O)c1ccncc1. The van der Waals surface area contributed by atoms with E-state index in [4.69, 9.17) is 0 Å². The van der Waals surface area contributed by atoms with Gasteiger partial charge in [-0.25, -0.2) is 4.79 Å². The van der Waals surface area contributed by atoms with Gasteiger partial charge in [-0.1, -0.05) is 19.8 Å². The lowest BCUT2D eigenvalue weighted by Gasteiger charge is -2.36. The summed E-state index contributed by atoms with van der Waals surface area (Å²) in [4.78, 5) is 42.5. The summed E-state index contributed by atoms with van der Waals surface area (Å²) in [7, 11) is 0. The van der Waals surface area contributed by atoms with Crippen LogP contribution in [-0.4, -0.2) is 39.8 Å². The smallest absolute Gasteiger partial charge is 0.325 e. The first kappa shape index (κ1) is 17.4. The lowest BCUT2D eigenvalue weighted by molar-refractivity contribution is -0.137. The molecule has 1 aromatic heterocycles. The van der Waals surface area contributed by atoms with Gasteiger partial charge in [-0.3, -0.25) is 19.5 Å². The molecule has 1 saturated heterocycles. The standard InChI is InChI=1S/C18H24N4O3/c1-12-5-3-4-8-18(12)16(24)22(17(25)21-18)11-15(23)20-13(2)14-6-9-19-10-7-14/h6-7,9-10,12-13H,3-5,8,11H2,1-2H3,(H,20,23)(H,21,25). The van der Waals surface area contributed by atoms with Gasteiger partial charge in [0.05, 0.1) is 6.04 Å². The van der Waals surface area contributed by atoms with Crippen molar-refractivity contribution >= 4 is 17.8 Å². The fourth-order valence-electron chi connectivity index (χ4n) is 3.81. The van der Waals surface area contributed by atoms with Crippen LogP contribution in [0.4, 0.5) is 4.79 Å². The van der Waals surface area contributed by atoms with Crippen LogP contribution in [0.15, 0.2) is 24.5 Å². The monoisotopic (exact) mass is 344 g/mol. The molecule has 3 unspecified atom stereocenters. The minimum Gasteiger partial charge on any atom is -0.348 e. The topological polar surface area (TPSA) is 91.4 Å². The van der Waals surface area contributed by atoms with Crippen LogP contribution in [-0.2, 0) is 9.59 Å². The van der Waals surface area contributed by atoms with E-state index in [2.05, 4.69) is 15.6 Å². The summed E-state index contributed by atoms with van der Waals surface area (Å²) in [5.74, 6) is -0.536. The normalized spacial score (nSPS) is 27.3. The van der Waals surface area contributed by atoms with Crippen molar-refractivity contribution in [3.05, 3.63) is 30.1 Å². The number of urea groups is 1. The zero-order valence-corrected chi connectivity index (χ0v) is 14.6. The highest BCUT2D eigenvalue weighted by atomic mass is 16.2. The van der Waals surface area contributed by atoms with E-state index in [1.807, 2.05) is 26.0 Å². The molecule has 2 heterocycles. The van der Waals surface area contributed by atoms with Gasteiger partial charge in [0.25, 0.3) is 5.91 Å². The number of rotatable bonds is 4. The zero-order chi connectivity index (χ0) is 18.0.